The molecule has 0 bridgehead atoms. The van der Waals surface area contributed by atoms with Crippen LogP contribution in [0.2, 0.25) is 0 Å². The minimum absolute atomic E-state index is 0.245. The lowest BCUT2D eigenvalue weighted by atomic mass is 10.2. The third kappa shape index (κ3) is 2.70. The van der Waals surface area contributed by atoms with E-state index in [2.05, 4.69) is 0 Å². The van der Waals surface area contributed by atoms with Gasteiger partial charge in [-0.3, -0.25) is 14.5 Å². The van der Waals surface area contributed by atoms with Gasteiger partial charge in [-0.2, -0.15) is 0 Å². The molecular formula is C12H11N2O4S-. The summed E-state index contributed by atoms with van der Waals surface area (Å²) in [5, 5.41) is 9.91. The Morgan fingerprint density at radius 2 is 1.95 bits per heavy atom. The third-order valence-electron chi connectivity index (χ3n) is 2.65. The zero-order valence-corrected chi connectivity index (χ0v) is 11.0. The Kier molecular flexibility index (Phi) is 3.75. The number of amides is 2. The van der Waals surface area contributed by atoms with Crippen molar-refractivity contribution in [1.82, 2.24) is 9.80 Å². The Morgan fingerprint density at radius 3 is 2.47 bits per heavy atom. The summed E-state index contributed by atoms with van der Waals surface area (Å²) in [7, 11) is 0. The second kappa shape index (κ2) is 5.31. The number of aliphatic carboxylic acids is 1. The molecule has 2 aliphatic rings. The molecule has 1 fully saturated rings. The summed E-state index contributed by atoms with van der Waals surface area (Å²) in [5.74, 6) is -2.05. The first kappa shape index (κ1) is 13.4. The molecule has 100 valence electrons. The van der Waals surface area contributed by atoms with Crippen molar-refractivity contribution in [3.8, 4) is 0 Å². The third-order valence-corrected chi connectivity index (χ3v) is 3.66. The average Bonchev–Trinajstić information content (AvgIpc) is 2.66. The van der Waals surface area contributed by atoms with Crippen molar-refractivity contribution in [2.24, 2.45) is 0 Å². The van der Waals surface area contributed by atoms with Gasteiger partial charge in [-0.1, -0.05) is 0 Å². The number of nitrogens with zero attached hydrogens (tertiary/aromatic N) is 2. The number of hydrogen-bond acceptors (Lipinski definition) is 6. The van der Waals surface area contributed by atoms with Gasteiger partial charge >= 0.3 is 0 Å². The van der Waals surface area contributed by atoms with Crippen molar-refractivity contribution in [1.29, 1.82) is 0 Å². The molecule has 0 aromatic rings. The number of carboxylic acid groups (broad SMARTS) is 1. The molecule has 2 amide bonds. The predicted molar refractivity (Wildman–Crippen MR) is 67.4 cm³/mol. The fourth-order valence-corrected chi connectivity index (χ4v) is 2.54. The van der Waals surface area contributed by atoms with Crippen LogP contribution in [0.5, 0.6) is 0 Å². The van der Waals surface area contributed by atoms with Crippen LogP contribution in [0, 0.1) is 0 Å². The quantitative estimate of drug-likeness (QED) is 0.679. The molecule has 2 heterocycles. The van der Waals surface area contributed by atoms with Gasteiger partial charge in [0.15, 0.2) is 0 Å². The maximum absolute atomic E-state index is 12.0. The standard InChI is InChI=1S/C12H12N2O4S/c1-2-13-5-3-8(4-6-13)10-11(17)14(7-9(15)16)12(18)19-10/h3-6H,2,7H2,1H3,(H,15,16)/p-1. The number of hydrogen-bond donors (Lipinski definition) is 0. The summed E-state index contributed by atoms with van der Waals surface area (Å²) in [6.07, 6.45) is 7.03. The molecule has 0 spiro atoms. The lowest BCUT2D eigenvalue weighted by molar-refractivity contribution is -0.305. The van der Waals surface area contributed by atoms with Gasteiger partial charge in [0.05, 0.1) is 17.4 Å². The number of carboxylic acids is 1. The monoisotopic (exact) mass is 279 g/mol. The Morgan fingerprint density at radius 1 is 1.32 bits per heavy atom. The van der Waals surface area contributed by atoms with Gasteiger partial charge in [0.1, 0.15) is 0 Å². The van der Waals surface area contributed by atoms with Crippen LogP contribution in [0.25, 0.3) is 0 Å². The van der Waals surface area contributed by atoms with Crippen molar-refractivity contribution < 1.29 is 19.5 Å². The van der Waals surface area contributed by atoms with Gasteiger partial charge in [-0.15, -0.1) is 0 Å². The van der Waals surface area contributed by atoms with E-state index in [1.165, 1.54) is 0 Å². The van der Waals surface area contributed by atoms with Gasteiger partial charge in [-0.25, -0.2) is 0 Å². The molecule has 0 aromatic carbocycles. The number of imide groups is 1. The van der Waals surface area contributed by atoms with Crippen molar-refractivity contribution in [3.05, 3.63) is 35.0 Å². The van der Waals surface area contributed by atoms with E-state index in [-0.39, 0.29) is 4.91 Å². The van der Waals surface area contributed by atoms with Gasteiger partial charge in [0.2, 0.25) is 0 Å². The highest BCUT2D eigenvalue weighted by molar-refractivity contribution is 8.18. The van der Waals surface area contributed by atoms with Crippen LogP contribution in [-0.4, -0.2) is 40.0 Å². The second-order valence-electron chi connectivity index (χ2n) is 3.88. The van der Waals surface area contributed by atoms with Gasteiger partial charge in [0, 0.05) is 18.9 Å². The zero-order chi connectivity index (χ0) is 14.0. The highest BCUT2D eigenvalue weighted by Crippen LogP contribution is 2.34. The van der Waals surface area contributed by atoms with Crippen molar-refractivity contribution in [2.75, 3.05) is 13.1 Å². The Labute approximate surface area is 114 Å². The Balaban J connectivity index is 2.24. The fourth-order valence-electron chi connectivity index (χ4n) is 1.66. The van der Waals surface area contributed by atoms with E-state index in [0.717, 1.165) is 18.3 Å². The smallest absolute Gasteiger partial charge is 0.293 e. The van der Waals surface area contributed by atoms with Crippen molar-refractivity contribution in [2.45, 2.75) is 6.92 Å². The SMILES string of the molecule is CCN1C=CC(=C2SC(=O)N(CC(=O)[O-])C2=O)C=C1. The largest absolute Gasteiger partial charge is 0.548 e. The second-order valence-corrected chi connectivity index (χ2v) is 4.84. The van der Waals surface area contributed by atoms with Crippen LogP contribution in [0.3, 0.4) is 0 Å². The highest BCUT2D eigenvalue weighted by atomic mass is 32.2. The summed E-state index contributed by atoms with van der Waals surface area (Å²) in [5.41, 5.74) is 0.605. The molecule has 0 atom stereocenters. The lowest BCUT2D eigenvalue weighted by Crippen LogP contribution is -2.40. The molecule has 0 aromatic heterocycles. The molecule has 0 unspecified atom stereocenters. The lowest BCUT2D eigenvalue weighted by Gasteiger charge is -2.16. The van der Waals surface area contributed by atoms with Crippen LogP contribution in [0.1, 0.15) is 6.92 Å². The van der Waals surface area contributed by atoms with Crippen molar-refractivity contribution >= 4 is 28.9 Å². The number of rotatable bonds is 3. The average molecular weight is 279 g/mol. The van der Waals surface area contributed by atoms with E-state index in [0.29, 0.717) is 10.5 Å². The molecule has 0 aliphatic carbocycles. The summed E-state index contributed by atoms with van der Waals surface area (Å²) in [6, 6.07) is 0. The summed E-state index contributed by atoms with van der Waals surface area (Å²) < 4.78 is 0. The van der Waals surface area contributed by atoms with E-state index < -0.39 is 23.7 Å². The summed E-state index contributed by atoms with van der Waals surface area (Å²) in [6.45, 7) is 2.07. The molecule has 0 radical (unpaired) electrons. The van der Waals surface area contributed by atoms with E-state index >= 15 is 0 Å². The normalized spacial score (nSPS) is 18.8. The van der Waals surface area contributed by atoms with E-state index in [4.69, 9.17) is 0 Å². The molecule has 0 saturated carbocycles. The van der Waals surface area contributed by atoms with Gasteiger partial charge in [-0.05, 0) is 36.4 Å². The van der Waals surface area contributed by atoms with Gasteiger partial charge in [0.25, 0.3) is 11.1 Å². The first-order chi connectivity index (χ1) is 9.02. The van der Waals surface area contributed by atoms with Crippen LogP contribution in [0.4, 0.5) is 4.79 Å². The molecule has 19 heavy (non-hydrogen) atoms. The number of carbonyl (C=O) groups is 3. The van der Waals surface area contributed by atoms with Crippen LogP contribution in [0.15, 0.2) is 35.0 Å². The fraction of sp³-hybridized carbons (Fsp3) is 0.250. The van der Waals surface area contributed by atoms with Crippen LogP contribution >= 0.6 is 11.8 Å². The minimum Gasteiger partial charge on any atom is -0.548 e. The predicted octanol–water partition coefficient (Wildman–Crippen LogP) is 0.0487. The molecule has 2 rings (SSSR count). The first-order valence-electron chi connectivity index (χ1n) is 5.63. The van der Waals surface area contributed by atoms with Crippen molar-refractivity contribution in [3.63, 3.8) is 0 Å². The topological polar surface area (TPSA) is 80.8 Å². The molecule has 1 saturated heterocycles. The zero-order valence-electron chi connectivity index (χ0n) is 10.2. The summed E-state index contributed by atoms with van der Waals surface area (Å²) in [4.78, 5) is 36.9. The number of allylic oxidation sites excluding steroid dienone is 3. The summed E-state index contributed by atoms with van der Waals surface area (Å²) >= 11 is 0.744. The molecule has 6 nitrogen and oxygen atoms in total. The highest BCUT2D eigenvalue weighted by Gasteiger charge is 2.36. The van der Waals surface area contributed by atoms with Gasteiger partial charge < -0.3 is 14.8 Å². The maximum atomic E-state index is 12.0. The number of thioether (sulfide) groups is 1. The van der Waals surface area contributed by atoms with E-state index in [1.807, 2.05) is 11.8 Å². The number of carbonyl (C=O) groups excluding carboxylic acids is 3. The Bertz CT molecular complexity index is 520. The molecular weight excluding hydrogens is 268 g/mol. The molecule has 2 aliphatic heterocycles. The van der Waals surface area contributed by atoms with Crippen LogP contribution < -0.4 is 5.11 Å². The first-order valence-corrected chi connectivity index (χ1v) is 6.44. The Hall–Kier alpha value is -2.02. The van der Waals surface area contributed by atoms with E-state index in [9.17, 15) is 19.5 Å². The minimum atomic E-state index is -1.46. The molecule has 0 N–H and O–H groups in total. The maximum Gasteiger partial charge on any atom is 0.293 e. The van der Waals surface area contributed by atoms with E-state index in [1.54, 1.807) is 24.6 Å². The van der Waals surface area contributed by atoms with Crippen LogP contribution in [-0.2, 0) is 9.59 Å². The molecule has 7 heteroatoms.